The molecule has 4 aromatic rings. The number of hydrogen-bond donors (Lipinski definition) is 1. The molecule has 30 heavy (non-hydrogen) atoms. The number of rotatable bonds is 4. The third-order valence-electron chi connectivity index (χ3n) is 5.00. The van der Waals surface area contributed by atoms with Crippen LogP contribution in [-0.2, 0) is 6.54 Å². The first kappa shape index (κ1) is 19.0. The molecule has 0 fully saturated rings. The Morgan fingerprint density at radius 1 is 1.23 bits per heavy atom. The van der Waals surface area contributed by atoms with E-state index in [0.717, 1.165) is 22.0 Å². The van der Waals surface area contributed by atoms with Crippen LogP contribution in [0.3, 0.4) is 0 Å². The van der Waals surface area contributed by atoms with Gasteiger partial charge < -0.3 is 5.32 Å². The maximum Gasteiger partial charge on any atom is 0.291 e. The number of nitrogens with one attached hydrogen (secondary N) is 1. The summed E-state index contributed by atoms with van der Waals surface area (Å²) >= 11 is 7.96. The Morgan fingerprint density at radius 2 is 2.13 bits per heavy atom. The van der Waals surface area contributed by atoms with E-state index >= 15 is 0 Å². The predicted molar refractivity (Wildman–Crippen MR) is 114 cm³/mol. The lowest BCUT2D eigenvalue weighted by Crippen LogP contribution is -2.32. The van der Waals surface area contributed by atoms with E-state index in [1.54, 1.807) is 29.0 Å². The molecular weight excluding hydrogens is 422 g/mol. The van der Waals surface area contributed by atoms with Crippen LogP contribution in [0.15, 0.2) is 60.3 Å². The number of hydrogen-bond acceptors (Lipinski definition) is 5. The lowest BCUT2D eigenvalue weighted by atomic mass is 10.1. The van der Waals surface area contributed by atoms with Gasteiger partial charge in [0, 0.05) is 29.4 Å². The van der Waals surface area contributed by atoms with E-state index in [2.05, 4.69) is 20.4 Å². The topological polar surface area (TPSA) is 82.6 Å². The molecule has 8 nitrogen and oxygen atoms in total. The largest absolute Gasteiger partial charge is 0.338 e. The summed E-state index contributed by atoms with van der Waals surface area (Å²) in [5.41, 5.74) is 2.02. The molecule has 5 rings (SSSR count). The van der Waals surface area contributed by atoms with Crippen molar-refractivity contribution in [3.05, 3.63) is 83.0 Å². The monoisotopic (exact) mass is 439 g/mol. The predicted octanol–water partition coefficient (Wildman–Crippen LogP) is 3.17. The van der Waals surface area contributed by atoms with Crippen molar-refractivity contribution in [2.75, 3.05) is 5.75 Å². The third-order valence-corrected chi connectivity index (χ3v) is 6.47. The number of carbonyl (C=O) groups is 1. The second-order valence-corrected chi connectivity index (χ2v) is 8.41. The molecular formula is C20H18ClN7OS. The van der Waals surface area contributed by atoms with Crippen LogP contribution in [0, 0.1) is 6.92 Å². The zero-order valence-corrected chi connectivity index (χ0v) is 17.6. The van der Waals surface area contributed by atoms with Gasteiger partial charge in [0.1, 0.15) is 6.33 Å². The van der Waals surface area contributed by atoms with Gasteiger partial charge in [0.2, 0.25) is 5.82 Å². The molecule has 1 amide bonds. The molecule has 1 atom stereocenters. The Hall–Kier alpha value is -3.04. The van der Waals surface area contributed by atoms with Crippen molar-refractivity contribution in [3.8, 4) is 0 Å². The maximum absolute atomic E-state index is 12.8. The molecule has 1 aliphatic rings. The normalized spacial score (nSPS) is 15.3. The average Bonchev–Trinajstić information content (AvgIpc) is 3.47. The van der Waals surface area contributed by atoms with Crippen LogP contribution in [0.25, 0.3) is 0 Å². The first-order valence-electron chi connectivity index (χ1n) is 9.38. The van der Waals surface area contributed by atoms with Gasteiger partial charge in [-0.2, -0.15) is 0 Å². The lowest BCUT2D eigenvalue weighted by molar-refractivity contribution is 0.0927. The molecule has 3 aromatic heterocycles. The summed E-state index contributed by atoms with van der Waals surface area (Å²) in [4.78, 5) is 21.5. The molecule has 0 saturated carbocycles. The summed E-state index contributed by atoms with van der Waals surface area (Å²) in [7, 11) is 0. The summed E-state index contributed by atoms with van der Waals surface area (Å²) in [6, 6.07) is 9.51. The minimum Gasteiger partial charge on any atom is -0.338 e. The molecule has 1 aliphatic heterocycles. The molecule has 0 bridgehead atoms. The number of imidazole rings is 1. The van der Waals surface area contributed by atoms with Gasteiger partial charge in [-0.05, 0) is 36.2 Å². The number of aryl methyl sites for hydroxylation is 1. The van der Waals surface area contributed by atoms with Crippen LogP contribution in [0.2, 0.25) is 5.02 Å². The fraction of sp³-hybridized carbons (Fsp3) is 0.200. The fourth-order valence-corrected chi connectivity index (χ4v) is 4.77. The number of amides is 1. The number of fused-ring (bicyclic) bond motifs is 3. The van der Waals surface area contributed by atoms with Crippen molar-refractivity contribution in [3.63, 3.8) is 0 Å². The number of thioether (sulfide) groups is 1. The summed E-state index contributed by atoms with van der Waals surface area (Å²) in [6.07, 6.45) is 7.12. The van der Waals surface area contributed by atoms with Gasteiger partial charge in [-0.15, -0.1) is 16.9 Å². The van der Waals surface area contributed by atoms with Gasteiger partial charge in [-0.25, -0.2) is 24.0 Å². The average molecular weight is 440 g/mol. The fourth-order valence-electron chi connectivity index (χ4n) is 3.46. The zero-order chi connectivity index (χ0) is 20.7. The Bertz CT molecular complexity index is 1210. The van der Waals surface area contributed by atoms with Crippen LogP contribution in [0.5, 0.6) is 0 Å². The highest BCUT2D eigenvalue weighted by Crippen LogP contribution is 2.29. The van der Waals surface area contributed by atoms with Crippen molar-refractivity contribution in [2.45, 2.75) is 24.5 Å². The quantitative estimate of drug-likeness (QED) is 0.528. The van der Waals surface area contributed by atoms with Gasteiger partial charge in [0.05, 0.1) is 17.6 Å². The molecule has 0 aliphatic carbocycles. The van der Waals surface area contributed by atoms with Crippen LogP contribution in [0.4, 0.5) is 0 Å². The van der Waals surface area contributed by atoms with E-state index in [9.17, 15) is 4.79 Å². The van der Waals surface area contributed by atoms with Crippen molar-refractivity contribution in [1.82, 2.24) is 34.4 Å². The molecule has 10 heteroatoms. The van der Waals surface area contributed by atoms with E-state index in [4.69, 9.17) is 11.6 Å². The van der Waals surface area contributed by atoms with Crippen LogP contribution in [0.1, 0.15) is 33.6 Å². The SMILES string of the molecule is Cc1cccc(Cl)c1Cn1cnc(C(=O)NC2CSc3cccn3-n3ccnc32)n1. The highest BCUT2D eigenvalue weighted by molar-refractivity contribution is 7.99. The Labute approximate surface area is 181 Å². The van der Waals surface area contributed by atoms with E-state index in [1.165, 1.54) is 0 Å². The summed E-state index contributed by atoms with van der Waals surface area (Å²) < 4.78 is 5.57. The first-order chi connectivity index (χ1) is 14.6. The third kappa shape index (κ3) is 3.40. The highest BCUT2D eigenvalue weighted by atomic mass is 35.5. The molecule has 1 unspecified atom stereocenters. The maximum atomic E-state index is 12.8. The Balaban J connectivity index is 1.34. The van der Waals surface area contributed by atoms with Crippen LogP contribution in [-0.4, -0.2) is 40.8 Å². The molecule has 0 radical (unpaired) electrons. The van der Waals surface area contributed by atoms with Gasteiger partial charge in [-0.3, -0.25) is 4.79 Å². The smallest absolute Gasteiger partial charge is 0.291 e. The number of benzene rings is 1. The molecule has 0 saturated heterocycles. The summed E-state index contributed by atoms with van der Waals surface area (Å²) in [6.45, 7) is 2.44. The number of carbonyl (C=O) groups excluding carboxylic acids is 1. The molecule has 1 aromatic carbocycles. The Kier molecular flexibility index (Phi) is 4.84. The Morgan fingerprint density at radius 3 is 3.00 bits per heavy atom. The first-order valence-corrected chi connectivity index (χ1v) is 10.7. The zero-order valence-electron chi connectivity index (χ0n) is 16.1. The molecule has 1 N–H and O–H groups in total. The van der Waals surface area contributed by atoms with Crippen molar-refractivity contribution < 1.29 is 4.79 Å². The number of aromatic nitrogens is 6. The highest BCUT2D eigenvalue weighted by Gasteiger charge is 2.26. The van der Waals surface area contributed by atoms with Crippen molar-refractivity contribution >= 4 is 29.3 Å². The minimum absolute atomic E-state index is 0.117. The molecule has 0 spiro atoms. The molecule has 152 valence electrons. The minimum atomic E-state index is -0.337. The van der Waals surface area contributed by atoms with Gasteiger partial charge in [-0.1, -0.05) is 23.7 Å². The van der Waals surface area contributed by atoms with Gasteiger partial charge >= 0.3 is 0 Å². The van der Waals surface area contributed by atoms with Crippen LogP contribution < -0.4 is 5.32 Å². The van der Waals surface area contributed by atoms with E-state index < -0.39 is 0 Å². The van der Waals surface area contributed by atoms with Gasteiger partial charge in [0.25, 0.3) is 5.91 Å². The van der Waals surface area contributed by atoms with Crippen LogP contribution >= 0.6 is 23.4 Å². The summed E-state index contributed by atoms with van der Waals surface area (Å²) in [5, 5.41) is 9.12. The standard InChI is InChI=1S/C20H18ClN7OS/c1-13-4-2-5-15(21)14(13)10-26-12-23-18(25-26)20(29)24-16-11-30-17-6-3-8-27(17)28-9-7-22-19(16)28/h2-9,12,16H,10-11H2,1H3,(H,24,29). The second-order valence-electron chi connectivity index (χ2n) is 6.96. The lowest BCUT2D eigenvalue weighted by Gasteiger charge is -2.15. The van der Waals surface area contributed by atoms with Crippen molar-refractivity contribution in [1.29, 1.82) is 0 Å². The number of nitrogens with zero attached hydrogens (tertiary/aromatic N) is 6. The number of halogens is 1. The molecule has 4 heterocycles. The van der Waals surface area contributed by atoms with E-state index in [-0.39, 0.29) is 17.8 Å². The second kappa shape index (κ2) is 7.66. The van der Waals surface area contributed by atoms with Crippen molar-refractivity contribution in [2.24, 2.45) is 0 Å². The van der Waals surface area contributed by atoms with E-state index in [1.807, 2.05) is 59.0 Å². The van der Waals surface area contributed by atoms with E-state index in [0.29, 0.717) is 17.3 Å². The van der Waals surface area contributed by atoms with Gasteiger partial charge in [0.15, 0.2) is 5.82 Å². The summed E-state index contributed by atoms with van der Waals surface area (Å²) in [5.74, 6) is 1.20.